The number of alkyl halides is 2. The number of rotatable bonds is 2. The highest BCUT2D eigenvalue weighted by Crippen LogP contribution is 2.54. The lowest BCUT2D eigenvalue weighted by Crippen LogP contribution is -2.52. The Morgan fingerprint density at radius 2 is 1.80 bits per heavy atom. The Balaban J connectivity index is 2.10. The van der Waals surface area contributed by atoms with Gasteiger partial charge >= 0.3 is 5.97 Å². The van der Waals surface area contributed by atoms with E-state index < -0.39 is 17.3 Å². The van der Waals surface area contributed by atoms with E-state index in [1.165, 1.54) is 0 Å². The summed E-state index contributed by atoms with van der Waals surface area (Å²) in [5.74, 6) is -3.97. The Morgan fingerprint density at radius 1 is 1.27 bits per heavy atom. The summed E-state index contributed by atoms with van der Waals surface area (Å²) in [5.41, 5.74) is -0.958. The minimum absolute atomic E-state index is 0.278. The van der Waals surface area contributed by atoms with Crippen LogP contribution in [0.3, 0.4) is 0 Å². The van der Waals surface area contributed by atoms with Gasteiger partial charge in [0.15, 0.2) is 0 Å². The number of hydrogen-bond acceptors (Lipinski definition) is 2. The Morgan fingerprint density at radius 3 is 2.20 bits per heavy atom. The van der Waals surface area contributed by atoms with Gasteiger partial charge in [-0.25, -0.2) is 8.78 Å². The molecule has 2 fully saturated rings. The highest BCUT2D eigenvalue weighted by Gasteiger charge is 2.58. The molecular weight excluding hydrogens is 206 g/mol. The van der Waals surface area contributed by atoms with Gasteiger partial charge in [0, 0.05) is 26.1 Å². The van der Waals surface area contributed by atoms with Gasteiger partial charge in [0.2, 0.25) is 5.92 Å². The molecule has 1 aliphatic heterocycles. The van der Waals surface area contributed by atoms with Crippen LogP contribution in [-0.2, 0) is 9.53 Å². The molecule has 0 atom stereocenters. The molecule has 1 N–H and O–H groups in total. The monoisotopic (exact) mass is 220 g/mol. The molecule has 0 aromatic rings. The van der Waals surface area contributed by atoms with Gasteiger partial charge in [0.1, 0.15) is 0 Å². The van der Waals surface area contributed by atoms with E-state index in [-0.39, 0.29) is 18.8 Å². The van der Waals surface area contributed by atoms with Crippen molar-refractivity contribution in [1.29, 1.82) is 0 Å². The third-order valence-corrected chi connectivity index (χ3v) is 3.68. The molecule has 1 aliphatic carbocycles. The molecule has 0 bridgehead atoms. The van der Waals surface area contributed by atoms with Crippen molar-refractivity contribution >= 4 is 5.97 Å². The molecular formula is C10H14F2O3. The van der Waals surface area contributed by atoms with Gasteiger partial charge in [0.25, 0.3) is 0 Å². The van der Waals surface area contributed by atoms with Crippen LogP contribution >= 0.6 is 0 Å². The lowest BCUT2D eigenvalue weighted by Gasteiger charge is -2.47. The first-order valence-corrected chi connectivity index (χ1v) is 5.15. The molecule has 0 spiro atoms. The Kier molecular flexibility index (Phi) is 2.45. The summed E-state index contributed by atoms with van der Waals surface area (Å²) in [7, 11) is 0. The SMILES string of the molecule is O=C(O)C1(C2CC(F)(F)C2)CCOCC1. The molecule has 1 saturated heterocycles. The molecule has 86 valence electrons. The van der Waals surface area contributed by atoms with Gasteiger partial charge in [-0.3, -0.25) is 4.79 Å². The number of halogens is 2. The Labute approximate surface area is 86.4 Å². The number of carbonyl (C=O) groups is 1. The largest absolute Gasteiger partial charge is 0.481 e. The second-order valence-electron chi connectivity index (χ2n) is 4.53. The maximum Gasteiger partial charge on any atom is 0.310 e. The molecule has 2 rings (SSSR count). The van der Waals surface area contributed by atoms with Crippen LogP contribution in [0.1, 0.15) is 25.7 Å². The fraction of sp³-hybridized carbons (Fsp3) is 0.900. The van der Waals surface area contributed by atoms with Crippen LogP contribution in [-0.4, -0.2) is 30.2 Å². The molecule has 1 heterocycles. The van der Waals surface area contributed by atoms with Crippen LogP contribution in [0.5, 0.6) is 0 Å². The number of carboxylic acid groups (broad SMARTS) is 1. The van der Waals surface area contributed by atoms with Gasteiger partial charge < -0.3 is 9.84 Å². The molecule has 0 aromatic heterocycles. The number of ether oxygens (including phenoxy) is 1. The maximum absolute atomic E-state index is 12.8. The first-order chi connectivity index (χ1) is 6.96. The van der Waals surface area contributed by atoms with E-state index in [1.807, 2.05) is 0 Å². The van der Waals surface area contributed by atoms with E-state index in [2.05, 4.69) is 0 Å². The lowest BCUT2D eigenvalue weighted by atomic mass is 9.60. The van der Waals surface area contributed by atoms with Gasteiger partial charge in [-0.2, -0.15) is 0 Å². The van der Waals surface area contributed by atoms with Crippen molar-refractivity contribution in [2.45, 2.75) is 31.6 Å². The van der Waals surface area contributed by atoms with Crippen molar-refractivity contribution in [2.24, 2.45) is 11.3 Å². The zero-order chi connectivity index (χ0) is 11.1. The van der Waals surface area contributed by atoms with Crippen LogP contribution < -0.4 is 0 Å². The summed E-state index contributed by atoms with van der Waals surface area (Å²) in [4.78, 5) is 11.2. The summed E-state index contributed by atoms with van der Waals surface area (Å²) in [6, 6.07) is 0. The number of hydrogen-bond donors (Lipinski definition) is 1. The van der Waals surface area contributed by atoms with Gasteiger partial charge in [-0.05, 0) is 18.8 Å². The van der Waals surface area contributed by atoms with Gasteiger partial charge in [-0.15, -0.1) is 0 Å². The first kappa shape index (κ1) is 10.8. The van der Waals surface area contributed by atoms with E-state index in [0.29, 0.717) is 26.1 Å². The average Bonchev–Trinajstić information content (AvgIpc) is 2.15. The van der Waals surface area contributed by atoms with E-state index in [0.717, 1.165) is 0 Å². The van der Waals surface area contributed by atoms with E-state index in [4.69, 9.17) is 4.74 Å². The lowest BCUT2D eigenvalue weighted by molar-refractivity contribution is -0.189. The summed E-state index contributed by atoms with van der Waals surface area (Å²) in [5, 5.41) is 9.19. The highest BCUT2D eigenvalue weighted by molar-refractivity contribution is 5.75. The Bertz CT molecular complexity index is 264. The van der Waals surface area contributed by atoms with E-state index in [9.17, 15) is 18.7 Å². The van der Waals surface area contributed by atoms with E-state index in [1.54, 1.807) is 0 Å². The molecule has 15 heavy (non-hydrogen) atoms. The summed E-state index contributed by atoms with van der Waals surface area (Å²) in [6.07, 6.45) is 0.171. The van der Waals surface area contributed by atoms with Gasteiger partial charge in [-0.1, -0.05) is 0 Å². The molecule has 5 heteroatoms. The van der Waals surface area contributed by atoms with Crippen molar-refractivity contribution in [3.8, 4) is 0 Å². The van der Waals surface area contributed by atoms with Crippen molar-refractivity contribution in [2.75, 3.05) is 13.2 Å². The van der Waals surface area contributed by atoms with Crippen molar-refractivity contribution < 1.29 is 23.4 Å². The molecule has 0 aromatic carbocycles. The summed E-state index contributed by atoms with van der Waals surface area (Å²) < 4.78 is 30.6. The maximum atomic E-state index is 12.8. The zero-order valence-corrected chi connectivity index (χ0v) is 8.34. The molecule has 0 radical (unpaired) electrons. The minimum atomic E-state index is -2.65. The number of aliphatic carboxylic acids is 1. The predicted molar refractivity (Wildman–Crippen MR) is 47.8 cm³/mol. The second-order valence-corrected chi connectivity index (χ2v) is 4.53. The van der Waals surface area contributed by atoms with Crippen molar-refractivity contribution in [3.05, 3.63) is 0 Å². The third kappa shape index (κ3) is 1.73. The standard InChI is InChI=1S/C10H14F2O3/c11-10(12)5-7(6-10)9(8(13)14)1-3-15-4-2-9/h7H,1-6H2,(H,13,14). The predicted octanol–water partition coefficient (Wildman–Crippen LogP) is 1.91. The summed E-state index contributed by atoms with van der Waals surface area (Å²) in [6.45, 7) is 0.739. The van der Waals surface area contributed by atoms with Crippen LogP contribution in [0.25, 0.3) is 0 Å². The summed E-state index contributed by atoms with van der Waals surface area (Å²) >= 11 is 0. The molecule has 1 saturated carbocycles. The molecule has 2 aliphatic rings. The second kappa shape index (κ2) is 3.40. The molecule has 0 amide bonds. The highest BCUT2D eigenvalue weighted by atomic mass is 19.3. The minimum Gasteiger partial charge on any atom is -0.481 e. The normalized spacial score (nSPS) is 29.5. The van der Waals surface area contributed by atoms with Crippen LogP contribution in [0.4, 0.5) is 8.78 Å². The number of carboxylic acids is 1. The van der Waals surface area contributed by atoms with Crippen molar-refractivity contribution in [1.82, 2.24) is 0 Å². The third-order valence-electron chi connectivity index (χ3n) is 3.68. The van der Waals surface area contributed by atoms with E-state index >= 15 is 0 Å². The fourth-order valence-electron chi connectivity index (χ4n) is 2.58. The first-order valence-electron chi connectivity index (χ1n) is 5.15. The molecule has 0 unspecified atom stereocenters. The van der Waals surface area contributed by atoms with Crippen LogP contribution in [0, 0.1) is 11.3 Å². The zero-order valence-electron chi connectivity index (χ0n) is 8.34. The van der Waals surface area contributed by atoms with Crippen molar-refractivity contribution in [3.63, 3.8) is 0 Å². The van der Waals surface area contributed by atoms with Gasteiger partial charge in [0.05, 0.1) is 5.41 Å². The average molecular weight is 220 g/mol. The Hall–Kier alpha value is -0.710. The quantitative estimate of drug-likeness (QED) is 0.773. The fourth-order valence-corrected chi connectivity index (χ4v) is 2.58. The van der Waals surface area contributed by atoms with Crippen LogP contribution in [0.15, 0.2) is 0 Å². The molecule has 3 nitrogen and oxygen atoms in total. The smallest absolute Gasteiger partial charge is 0.310 e. The topological polar surface area (TPSA) is 46.5 Å². The van der Waals surface area contributed by atoms with Crippen LogP contribution in [0.2, 0.25) is 0 Å².